The van der Waals surface area contributed by atoms with Crippen molar-refractivity contribution in [1.82, 2.24) is 28.7 Å². The van der Waals surface area contributed by atoms with Crippen LogP contribution < -0.4 is 0 Å². The predicted octanol–water partition coefficient (Wildman–Crippen LogP) is 14.2. The van der Waals surface area contributed by atoms with E-state index in [1.807, 2.05) is 60.7 Å². The number of para-hydroxylation sites is 4. The summed E-state index contributed by atoms with van der Waals surface area (Å²) in [4.78, 5) is 14.9. The molecule has 4 heterocycles. The Balaban J connectivity index is 0.953. The van der Waals surface area contributed by atoms with Crippen molar-refractivity contribution in [2.75, 3.05) is 0 Å². The third-order valence-electron chi connectivity index (χ3n) is 12.5. The lowest BCUT2D eigenvalue weighted by Gasteiger charge is -2.12. The van der Waals surface area contributed by atoms with Crippen LogP contribution in [0, 0.1) is 0 Å². The van der Waals surface area contributed by atoms with Crippen LogP contribution in [0.2, 0.25) is 0 Å². The molecule has 0 aliphatic rings. The number of rotatable bonds is 6. The van der Waals surface area contributed by atoms with Crippen molar-refractivity contribution in [1.29, 1.82) is 0 Å². The second-order valence-corrected chi connectivity index (χ2v) is 16.0. The third kappa shape index (κ3) is 5.48. The zero-order chi connectivity index (χ0) is 41.4. The van der Waals surface area contributed by atoms with E-state index in [1.54, 1.807) is 0 Å². The molecule has 0 saturated carbocycles. The molecule has 6 heteroatoms. The largest absolute Gasteiger partial charge is 0.309 e. The Morgan fingerprint density at radius 1 is 0.222 bits per heavy atom. The van der Waals surface area contributed by atoms with Gasteiger partial charge in [0.05, 0.1) is 33.1 Å². The molecule has 63 heavy (non-hydrogen) atoms. The first kappa shape index (κ1) is 35.2. The van der Waals surface area contributed by atoms with E-state index in [0.29, 0.717) is 17.5 Å². The lowest BCUT2D eigenvalue weighted by atomic mass is 10.1. The number of nitrogens with zero attached hydrogens (tertiary/aromatic N) is 6. The van der Waals surface area contributed by atoms with Gasteiger partial charge in [-0.3, -0.25) is 0 Å². The first-order valence-corrected chi connectivity index (χ1v) is 21.3. The molecule has 0 N–H and O–H groups in total. The highest BCUT2D eigenvalue weighted by atomic mass is 15.0. The molecule has 0 fully saturated rings. The third-order valence-corrected chi connectivity index (χ3v) is 12.5. The highest BCUT2D eigenvalue weighted by molar-refractivity contribution is 6.29. The summed E-state index contributed by atoms with van der Waals surface area (Å²) in [5.41, 5.74) is 13.2. The average molecular weight is 805 g/mol. The van der Waals surface area contributed by atoms with Crippen LogP contribution in [-0.4, -0.2) is 28.7 Å². The lowest BCUT2D eigenvalue weighted by Crippen LogP contribution is -2.00. The van der Waals surface area contributed by atoms with Crippen molar-refractivity contribution in [2.24, 2.45) is 0 Å². The van der Waals surface area contributed by atoms with Crippen molar-refractivity contribution in [2.45, 2.75) is 0 Å². The molecule has 0 unspecified atom stereocenters. The van der Waals surface area contributed by atoms with Gasteiger partial charge in [-0.1, -0.05) is 133 Å². The summed E-state index contributed by atoms with van der Waals surface area (Å²) in [7, 11) is 0. The Bertz CT molecular complexity index is 3770. The first-order valence-electron chi connectivity index (χ1n) is 21.3. The van der Waals surface area contributed by atoms with E-state index in [4.69, 9.17) is 15.0 Å². The molecule has 294 valence electrons. The van der Waals surface area contributed by atoms with Crippen LogP contribution in [0.15, 0.2) is 218 Å². The van der Waals surface area contributed by atoms with Crippen LogP contribution in [0.4, 0.5) is 0 Å². The minimum atomic E-state index is 0.633. The van der Waals surface area contributed by atoms with Gasteiger partial charge in [-0.25, -0.2) is 15.0 Å². The minimum Gasteiger partial charge on any atom is -0.309 e. The first-order chi connectivity index (χ1) is 31.3. The van der Waals surface area contributed by atoms with Crippen LogP contribution in [0.1, 0.15) is 0 Å². The second kappa shape index (κ2) is 14.0. The van der Waals surface area contributed by atoms with Crippen LogP contribution in [0.25, 0.3) is 117 Å². The predicted molar refractivity (Wildman–Crippen MR) is 259 cm³/mol. The molecular weight excluding hydrogens is 769 g/mol. The molecule has 4 aromatic heterocycles. The average Bonchev–Trinajstić information content (AvgIpc) is 4.00. The highest BCUT2D eigenvalue weighted by Crippen LogP contribution is 2.43. The molecule has 0 aliphatic carbocycles. The Kier molecular flexibility index (Phi) is 7.80. The standard InChI is InChI=1S/C57H36N6/c1-3-15-37(16-4-1)55-58-56(38-17-5-2-6-18-38)60-57(59-55)39-27-29-40(30-28-39)62-49-25-13-9-21-45(49)53-51(62)35-36-52-54(53)46-22-10-14-26-50(46)63(52)42-33-31-41(32-34-42)61-47-23-11-7-19-43(47)44-20-8-12-24-48(44)61/h1-36H. The minimum absolute atomic E-state index is 0.633. The maximum absolute atomic E-state index is 4.99. The Labute approximate surface area is 362 Å². The van der Waals surface area contributed by atoms with Gasteiger partial charge in [0.2, 0.25) is 0 Å². The number of hydrogen-bond acceptors (Lipinski definition) is 3. The zero-order valence-corrected chi connectivity index (χ0v) is 34.0. The summed E-state index contributed by atoms with van der Waals surface area (Å²) < 4.78 is 7.18. The van der Waals surface area contributed by atoms with E-state index >= 15 is 0 Å². The highest BCUT2D eigenvalue weighted by Gasteiger charge is 2.21. The fraction of sp³-hybridized carbons (Fsp3) is 0. The number of hydrogen-bond donors (Lipinski definition) is 0. The van der Waals surface area contributed by atoms with Gasteiger partial charge < -0.3 is 13.7 Å². The smallest absolute Gasteiger partial charge is 0.164 e. The van der Waals surface area contributed by atoms with E-state index < -0.39 is 0 Å². The fourth-order valence-electron chi connectivity index (χ4n) is 9.72. The summed E-state index contributed by atoms with van der Waals surface area (Å²) in [5.74, 6) is 1.93. The summed E-state index contributed by atoms with van der Waals surface area (Å²) in [6.07, 6.45) is 0. The summed E-state index contributed by atoms with van der Waals surface area (Å²) >= 11 is 0. The molecule has 13 rings (SSSR count). The van der Waals surface area contributed by atoms with Crippen molar-refractivity contribution in [3.8, 4) is 51.2 Å². The molecule has 0 aliphatic heterocycles. The fourth-order valence-corrected chi connectivity index (χ4v) is 9.72. The van der Waals surface area contributed by atoms with E-state index in [9.17, 15) is 0 Å². The van der Waals surface area contributed by atoms with Crippen LogP contribution >= 0.6 is 0 Å². The molecule has 0 saturated heterocycles. The lowest BCUT2D eigenvalue weighted by molar-refractivity contribution is 1.07. The second-order valence-electron chi connectivity index (χ2n) is 16.0. The van der Waals surface area contributed by atoms with E-state index in [1.165, 1.54) is 54.4 Å². The number of fused-ring (bicyclic) bond motifs is 10. The van der Waals surface area contributed by atoms with Crippen molar-refractivity contribution < 1.29 is 0 Å². The molecule has 0 amide bonds. The van der Waals surface area contributed by atoms with Crippen LogP contribution in [-0.2, 0) is 0 Å². The molecule has 13 aromatic rings. The van der Waals surface area contributed by atoms with Gasteiger partial charge in [-0.05, 0) is 84.9 Å². The molecule has 6 nitrogen and oxygen atoms in total. The van der Waals surface area contributed by atoms with Gasteiger partial charge in [-0.15, -0.1) is 0 Å². The normalized spacial score (nSPS) is 11.8. The van der Waals surface area contributed by atoms with Crippen molar-refractivity contribution >= 4 is 65.4 Å². The summed E-state index contributed by atoms with van der Waals surface area (Å²) in [5, 5.41) is 7.44. The number of benzene rings is 9. The van der Waals surface area contributed by atoms with E-state index in [2.05, 4.69) is 171 Å². The van der Waals surface area contributed by atoms with Gasteiger partial charge >= 0.3 is 0 Å². The van der Waals surface area contributed by atoms with E-state index in [0.717, 1.165) is 44.8 Å². The topological polar surface area (TPSA) is 53.5 Å². The van der Waals surface area contributed by atoms with Gasteiger partial charge in [0.25, 0.3) is 0 Å². The Hall–Kier alpha value is -8.61. The van der Waals surface area contributed by atoms with Gasteiger partial charge in [0.1, 0.15) is 0 Å². The van der Waals surface area contributed by atoms with Gasteiger partial charge in [0, 0.05) is 66.1 Å². The molecule has 0 bridgehead atoms. The monoisotopic (exact) mass is 804 g/mol. The SMILES string of the molecule is c1ccc(-c2nc(-c3ccccc3)nc(-c3ccc(-n4c5ccccc5c5c6c7ccccc7n(-c7ccc(-n8c9ccccc9c9ccccc98)cc7)c6ccc54)cc3)n2)cc1. The number of aromatic nitrogens is 6. The van der Waals surface area contributed by atoms with Gasteiger partial charge in [-0.2, -0.15) is 0 Å². The molecule has 0 atom stereocenters. The summed E-state index contributed by atoms with van der Waals surface area (Å²) in [6, 6.07) is 77.4. The van der Waals surface area contributed by atoms with Gasteiger partial charge in [0.15, 0.2) is 17.5 Å². The quantitative estimate of drug-likeness (QED) is 0.168. The van der Waals surface area contributed by atoms with Crippen molar-refractivity contribution in [3.63, 3.8) is 0 Å². The Morgan fingerprint density at radius 2 is 0.508 bits per heavy atom. The van der Waals surface area contributed by atoms with Crippen molar-refractivity contribution in [3.05, 3.63) is 218 Å². The van der Waals surface area contributed by atoms with Crippen LogP contribution in [0.3, 0.4) is 0 Å². The van der Waals surface area contributed by atoms with E-state index in [-0.39, 0.29) is 0 Å². The maximum atomic E-state index is 4.99. The molecular formula is C57H36N6. The zero-order valence-electron chi connectivity index (χ0n) is 34.0. The summed E-state index contributed by atoms with van der Waals surface area (Å²) in [6.45, 7) is 0. The maximum Gasteiger partial charge on any atom is 0.164 e. The molecule has 0 spiro atoms. The molecule has 0 radical (unpaired) electrons. The Morgan fingerprint density at radius 3 is 0.905 bits per heavy atom. The molecule has 9 aromatic carbocycles. The van der Waals surface area contributed by atoms with Crippen LogP contribution in [0.5, 0.6) is 0 Å².